The van der Waals surface area contributed by atoms with Crippen molar-refractivity contribution in [1.82, 2.24) is 4.98 Å². The van der Waals surface area contributed by atoms with Crippen molar-refractivity contribution in [1.29, 1.82) is 0 Å². The van der Waals surface area contributed by atoms with Gasteiger partial charge >= 0.3 is 0 Å². The summed E-state index contributed by atoms with van der Waals surface area (Å²) in [5.74, 6) is 1.48. The summed E-state index contributed by atoms with van der Waals surface area (Å²) in [4.78, 5) is 4.45. The summed E-state index contributed by atoms with van der Waals surface area (Å²) in [5, 5.41) is 2.36. The first-order valence-electron chi connectivity index (χ1n) is 7.66. The lowest BCUT2D eigenvalue weighted by Crippen LogP contribution is -2.00. The van der Waals surface area contributed by atoms with E-state index in [0.717, 1.165) is 21.4 Å². The summed E-state index contributed by atoms with van der Waals surface area (Å²) in [5.41, 5.74) is 2.37. The molecule has 1 heterocycles. The molecule has 2 nitrogen and oxygen atoms in total. The summed E-state index contributed by atoms with van der Waals surface area (Å²) in [7, 11) is 0. The van der Waals surface area contributed by atoms with Crippen LogP contribution >= 0.6 is 23.4 Å². The molecule has 1 aliphatic carbocycles. The third kappa shape index (κ3) is 3.96. The second kappa shape index (κ2) is 6.93. The van der Waals surface area contributed by atoms with Crippen LogP contribution < -0.4 is 4.74 Å². The molecule has 116 valence electrons. The Morgan fingerprint density at radius 2 is 2.14 bits per heavy atom. The van der Waals surface area contributed by atoms with Gasteiger partial charge in [-0.25, -0.2) is 4.98 Å². The topological polar surface area (TPSA) is 22.1 Å². The van der Waals surface area contributed by atoms with Gasteiger partial charge in [0.2, 0.25) is 0 Å². The molecule has 0 N–H and O–H groups in total. The van der Waals surface area contributed by atoms with Crippen molar-refractivity contribution in [2.75, 3.05) is 0 Å². The molecule has 0 aliphatic heterocycles. The number of hydrogen-bond donors (Lipinski definition) is 0. The van der Waals surface area contributed by atoms with E-state index in [-0.39, 0.29) is 0 Å². The van der Waals surface area contributed by atoms with E-state index in [1.165, 1.54) is 18.4 Å². The van der Waals surface area contributed by atoms with Gasteiger partial charge in [-0.2, -0.15) is 0 Å². The van der Waals surface area contributed by atoms with Crippen LogP contribution in [0, 0.1) is 0 Å². The highest BCUT2D eigenvalue weighted by atomic mass is 35.5. The predicted octanol–water partition coefficient (Wildman–Crippen LogP) is 5.69. The number of pyridine rings is 1. The number of ether oxygens (including phenoxy) is 1. The molecule has 0 spiro atoms. The van der Waals surface area contributed by atoms with Crippen molar-refractivity contribution in [3.8, 4) is 5.75 Å². The van der Waals surface area contributed by atoms with Gasteiger partial charge in [0.15, 0.2) is 0 Å². The van der Waals surface area contributed by atoms with Gasteiger partial charge < -0.3 is 4.74 Å². The van der Waals surface area contributed by atoms with E-state index in [2.05, 4.69) is 31.0 Å². The van der Waals surface area contributed by atoms with Crippen molar-refractivity contribution >= 4 is 23.4 Å². The summed E-state index contributed by atoms with van der Waals surface area (Å²) >= 11 is 8.11. The highest BCUT2D eigenvalue weighted by molar-refractivity contribution is 7.99. The maximum atomic E-state index is 6.35. The fourth-order valence-corrected chi connectivity index (χ4v) is 3.52. The summed E-state index contributed by atoms with van der Waals surface area (Å²) in [6.07, 6.45) is 4.34. The molecule has 1 aromatic carbocycles. The first-order valence-corrected chi connectivity index (χ1v) is 8.92. The van der Waals surface area contributed by atoms with Crippen LogP contribution in [0.4, 0.5) is 0 Å². The van der Waals surface area contributed by atoms with Crippen LogP contribution in [0.5, 0.6) is 5.75 Å². The van der Waals surface area contributed by atoms with Crippen LogP contribution in [-0.2, 0) is 6.61 Å². The molecule has 22 heavy (non-hydrogen) atoms. The molecule has 0 radical (unpaired) electrons. The fourth-order valence-electron chi connectivity index (χ4n) is 2.35. The Morgan fingerprint density at radius 1 is 1.32 bits per heavy atom. The normalized spacial score (nSPS) is 14.4. The van der Waals surface area contributed by atoms with E-state index in [1.54, 1.807) is 11.8 Å². The monoisotopic (exact) mass is 333 g/mol. The zero-order valence-electron chi connectivity index (χ0n) is 12.9. The first-order chi connectivity index (χ1) is 10.6. The average Bonchev–Trinajstić information content (AvgIpc) is 3.30. The van der Waals surface area contributed by atoms with E-state index in [4.69, 9.17) is 16.3 Å². The smallest absolute Gasteiger partial charge is 0.121 e. The number of aromatic nitrogens is 1. The van der Waals surface area contributed by atoms with Crippen molar-refractivity contribution < 1.29 is 4.74 Å². The second-order valence-corrected chi connectivity index (χ2v) is 7.85. The van der Waals surface area contributed by atoms with Gasteiger partial charge in [-0.3, -0.25) is 0 Å². The highest BCUT2D eigenvalue weighted by Gasteiger charge is 2.25. The quantitative estimate of drug-likeness (QED) is 0.634. The number of nitrogens with zero attached hydrogens (tertiary/aromatic N) is 1. The Kier molecular flexibility index (Phi) is 4.94. The third-order valence-electron chi connectivity index (χ3n) is 3.58. The zero-order chi connectivity index (χ0) is 15.5. The Labute approximate surface area is 141 Å². The molecular weight excluding hydrogens is 314 g/mol. The molecule has 1 saturated carbocycles. The molecule has 1 aliphatic rings. The standard InChI is InChI=1S/C18H20ClNOS/c1-12(2)22-18-14(4-3-9-20-18)11-21-15-7-8-16(13-5-6-13)17(19)10-15/h3-4,7-10,12-13H,5-6,11H2,1-2H3. The van der Waals surface area contributed by atoms with Crippen molar-refractivity contribution in [2.45, 2.75) is 49.5 Å². The highest BCUT2D eigenvalue weighted by Crippen LogP contribution is 2.44. The van der Waals surface area contributed by atoms with Gasteiger partial charge in [0.1, 0.15) is 17.4 Å². The van der Waals surface area contributed by atoms with Gasteiger partial charge in [-0.1, -0.05) is 37.6 Å². The summed E-state index contributed by atoms with van der Waals surface area (Å²) < 4.78 is 5.91. The van der Waals surface area contributed by atoms with Crippen LogP contribution in [0.3, 0.4) is 0 Å². The minimum absolute atomic E-state index is 0.501. The van der Waals surface area contributed by atoms with Crippen LogP contribution in [0.25, 0.3) is 0 Å². The largest absolute Gasteiger partial charge is 0.489 e. The molecule has 1 aromatic heterocycles. The SMILES string of the molecule is CC(C)Sc1ncccc1COc1ccc(C2CC2)c(Cl)c1. The second-order valence-electron chi connectivity index (χ2n) is 5.88. The molecule has 0 bridgehead atoms. The van der Waals surface area contributed by atoms with E-state index in [0.29, 0.717) is 17.8 Å². The first kappa shape index (κ1) is 15.7. The van der Waals surface area contributed by atoms with Crippen molar-refractivity contribution in [3.63, 3.8) is 0 Å². The zero-order valence-corrected chi connectivity index (χ0v) is 14.5. The Balaban J connectivity index is 1.68. The van der Waals surface area contributed by atoms with Crippen molar-refractivity contribution in [2.24, 2.45) is 0 Å². The van der Waals surface area contributed by atoms with E-state index < -0.39 is 0 Å². The van der Waals surface area contributed by atoms with E-state index in [9.17, 15) is 0 Å². The van der Waals surface area contributed by atoms with Crippen LogP contribution in [0.1, 0.15) is 43.7 Å². The molecule has 3 rings (SSSR count). The van der Waals surface area contributed by atoms with Gasteiger partial charge in [-0.05, 0) is 42.5 Å². The number of hydrogen-bond acceptors (Lipinski definition) is 3. The molecule has 0 atom stereocenters. The number of thioether (sulfide) groups is 1. The fraction of sp³-hybridized carbons (Fsp3) is 0.389. The molecular formula is C18H20ClNOS. The third-order valence-corrected chi connectivity index (χ3v) is 4.97. The van der Waals surface area contributed by atoms with Crippen LogP contribution in [-0.4, -0.2) is 10.2 Å². The molecule has 0 unspecified atom stereocenters. The summed E-state index contributed by atoms with van der Waals surface area (Å²) in [6.45, 7) is 4.85. The van der Waals surface area contributed by atoms with E-state index >= 15 is 0 Å². The van der Waals surface area contributed by atoms with Crippen molar-refractivity contribution in [3.05, 3.63) is 52.7 Å². The number of benzene rings is 1. The molecule has 4 heteroatoms. The molecule has 0 saturated heterocycles. The minimum atomic E-state index is 0.501. The molecule has 1 fully saturated rings. The lowest BCUT2D eigenvalue weighted by atomic mass is 10.1. The Bertz CT molecular complexity index is 655. The minimum Gasteiger partial charge on any atom is -0.489 e. The lowest BCUT2D eigenvalue weighted by Gasteiger charge is -2.12. The lowest BCUT2D eigenvalue weighted by molar-refractivity contribution is 0.302. The van der Waals surface area contributed by atoms with Crippen LogP contribution in [0.15, 0.2) is 41.6 Å². The van der Waals surface area contributed by atoms with Gasteiger partial charge in [0.05, 0.1) is 0 Å². The van der Waals surface area contributed by atoms with E-state index in [1.807, 2.05) is 24.4 Å². The van der Waals surface area contributed by atoms with Gasteiger partial charge in [-0.15, -0.1) is 11.8 Å². The predicted molar refractivity (Wildman–Crippen MR) is 93.0 cm³/mol. The summed E-state index contributed by atoms with van der Waals surface area (Å²) in [6, 6.07) is 10.1. The Morgan fingerprint density at radius 3 is 2.82 bits per heavy atom. The van der Waals surface area contributed by atoms with Gasteiger partial charge in [0.25, 0.3) is 0 Å². The van der Waals surface area contributed by atoms with Crippen LogP contribution in [0.2, 0.25) is 5.02 Å². The maximum Gasteiger partial charge on any atom is 0.121 e. The molecule has 0 amide bonds. The number of rotatable bonds is 6. The Hall–Kier alpha value is -1.19. The average molecular weight is 334 g/mol. The number of halogens is 1. The van der Waals surface area contributed by atoms with Gasteiger partial charge in [0, 0.05) is 22.0 Å². The maximum absolute atomic E-state index is 6.35. The molecule has 2 aromatic rings.